The van der Waals surface area contributed by atoms with E-state index in [0.717, 1.165) is 0 Å². The number of thiophene rings is 1. The van der Waals surface area contributed by atoms with Gasteiger partial charge in [0, 0.05) is 0 Å². The Bertz CT molecular complexity index is 641. The third kappa shape index (κ3) is 3.07. The minimum absolute atomic E-state index is 0.0200. The van der Waals surface area contributed by atoms with Gasteiger partial charge in [-0.25, -0.2) is 4.79 Å². The van der Waals surface area contributed by atoms with Crippen LogP contribution in [0, 0.1) is 0 Å². The highest BCUT2D eigenvalue weighted by molar-refractivity contribution is 7.12. The maximum atomic E-state index is 11.9. The normalized spacial score (nSPS) is 10.2. The van der Waals surface area contributed by atoms with Crippen molar-refractivity contribution in [3.63, 3.8) is 0 Å². The van der Waals surface area contributed by atoms with Crippen LogP contribution in [0.5, 0.6) is 0 Å². The number of aromatic carboxylic acids is 1. The fourth-order valence-electron chi connectivity index (χ4n) is 1.40. The number of carbonyl (C=O) groups excluding carboxylic acids is 1. The van der Waals surface area contributed by atoms with E-state index in [2.05, 4.69) is 5.32 Å². The van der Waals surface area contributed by atoms with Gasteiger partial charge in [-0.05, 0) is 23.6 Å². The molecule has 0 bridgehead atoms. The average molecular weight is 316 g/mol. The van der Waals surface area contributed by atoms with Crippen molar-refractivity contribution in [1.29, 1.82) is 0 Å². The Hall–Kier alpha value is -1.56. The van der Waals surface area contributed by atoms with E-state index in [-0.39, 0.29) is 27.2 Å². The Kier molecular flexibility index (Phi) is 4.09. The molecule has 4 nitrogen and oxygen atoms in total. The molecule has 19 heavy (non-hydrogen) atoms. The number of halogens is 2. The Morgan fingerprint density at radius 2 is 1.95 bits per heavy atom. The summed E-state index contributed by atoms with van der Waals surface area (Å²) >= 11 is 13.0. The second-order valence-electron chi connectivity index (χ2n) is 3.55. The zero-order valence-electron chi connectivity index (χ0n) is 9.31. The summed E-state index contributed by atoms with van der Waals surface area (Å²) in [5.41, 5.74) is 0.0920. The first kappa shape index (κ1) is 13.9. The van der Waals surface area contributed by atoms with E-state index >= 15 is 0 Å². The lowest BCUT2D eigenvalue weighted by Gasteiger charge is -2.08. The number of hydrogen-bond donors (Lipinski definition) is 2. The molecule has 2 aromatic rings. The molecule has 0 aliphatic rings. The zero-order valence-corrected chi connectivity index (χ0v) is 11.6. The van der Waals surface area contributed by atoms with Crippen LogP contribution < -0.4 is 5.32 Å². The van der Waals surface area contributed by atoms with Crippen molar-refractivity contribution in [2.45, 2.75) is 0 Å². The van der Waals surface area contributed by atoms with Crippen LogP contribution in [0.2, 0.25) is 10.0 Å². The number of carboxylic acid groups (broad SMARTS) is 1. The second-order valence-corrected chi connectivity index (χ2v) is 5.31. The van der Waals surface area contributed by atoms with Crippen LogP contribution >= 0.6 is 34.5 Å². The molecule has 0 fully saturated rings. The van der Waals surface area contributed by atoms with E-state index in [4.69, 9.17) is 28.3 Å². The van der Waals surface area contributed by atoms with Gasteiger partial charge in [0.15, 0.2) is 0 Å². The standard InChI is InChI=1S/C12H7Cl2NO3S/c13-7-5-8(14)9(4-6(7)12(17)18)15-11(16)10-2-1-3-19-10/h1-5H,(H,15,16)(H,17,18). The molecule has 2 rings (SSSR count). The first-order valence-corrected chi connectivity index (χ1v) is 6.70. The summed E-state index contributed by atoms with van der Waals surface area (Å²) in [5.74, 6) is -1.54. The van der Waals surface area contributed by atoms with Crippen molar-refractivity contribution in [3.8, 4) is 0 Å². The summed E-state index contributed by atoms with van der Waals surface area (Å²) in [5, 5.41) is 13.5. The third-order valence-corrected chi connectivity index (χ3v) is 3.77. The monoisotopic (exact) mass is 315 g/mol. The van der Waals surface area contributed by atoms with Crippen molar-refractivity contribution >= 4 is 52.1 Å². The fourth-order valence-corrected chi connectivity index (χ4v) is 2.53. The van der Waals surface area contributed by atoms with Crippen LogP contribution in [0.1, 0.15) is 20.0 Å². The molecule has 0 atom stereocenters. The fraction of sp³-hybridized carbons (Fsp3) is 0. The van der Waals surface area contributed by atoms with Crippen LogP contribution in [0.4, 0.5) is 5.69 Å². The van der Waals surface area contributed by atoms with Gasteiger partial charge in [0.05, 0.1) is 26.2 Å². The van der Waals surface area contributed by atoms with Gasteiger partial charge >= 0.3 is 5.97 Å². The average Bonchev–Trinajstić information content (AvgIpc) is 2.85. The molecule has 2 N–H and O–H groups in total. The number of anilines is 1. The maximum absolute atomic E-state index is 11.9. The number of carbonyl (C=O) groups is 2. The van der Waals surface area contributed by atoms with Gasteiger partial charge < -0.3 is 10.4 Å². The second kappa shape index (κ2) is 5.61. The van der Waals surface area contributed by atoms with Gasteiger partial charge in [-0.2, -0.15) is 0 Å². The molecule has 0 aliphatic heterocycles. The van der Waals surface area contributed by atoms with Gasteiger partial charge in [-0.15, -0.1) is 11.3 Å². The smallest absolute Gasteiger partial charge is 0.337 e. The van der Waals surface area contributed by atoms with E-state index in [9.17, 15) is 9.59 Å². The lowest BCUT2D eigenvalue weighted by molar-refractivity contribution is 0.0696. The lowest BCUT2D eigenvalue weighted by atomic mass is 10.2. The first-order valence-electron chi connectivity index (χ1n) is 5.06. The molecular weight excluding hydrogens is 309 g/mol. The molecule has 0 radical (unpaired) electrons. The number of hydrogen-bond acceptors (Lipinski definition) is 3. The highest BCUT2D eigenvalue weighted by atomic mass is 35.5. The topological polar surface area (TPSA) is 66.4 Å². The van der Waals surface area contributed by atoms with Gasteiger partial charge in [0.1, 0.15) is 0 Å². The van der Waals surface area contributed by atoms with Crippen molar-refractivity contribution in [2.75, 3.05) is 5.32 Å². The van der Waals surface area contributed by atoms with Crippen LogP contribution in [0.3, 0.4) is 0 Å². The summed E-state index contributed by atoms with van der Waals surface area (Å²) in [6, 6.07) is 5.92. The van der Waals surface area contributed by atoms with E-state index < -0.39 is 5.97 Å². The quantitative estimate of drug-likeness (QED) is 0.899. The summed E-state index contributed by atoms with van der Waals surface area (Å²) in [6.07, 6.45) is 0. The summed E-state index contributed by atoms with van der Waals surface area (Å²) in [4.78, 5) is 23.3. The van der Waals surface area contributed by atoms with Crippen molar-refractivity contribution in [2.24, 2.45) is 0 Å². The molecule has 98 valence electrons. The van der Waals surface area contributed by atoms with Crippen molar-refractivity contribution in [1.82, 2.24) is 0 Å². The van der Waals surface area contributed by atoms with E-state index in [1.165, 1.54) is 23.5 Å². The number of carboxylic acids is 1. The summed E-state index contributed by atoms with van der Waals surface area (Å²) < 4.78 is 0. The summed E-state index contributed by atoms with van der Waals surface area (Å²) in [7, 11) is 0. The summed E-state index contributed by atoms with van der Waals surface area (Å²) in [6.45, 7) is 0. The Labute approximate surface area is 122 Å². The van der Waals surface area contributed by atoms with E-state index in [1.807, 2.05) is 0 Å². The Morgan fingerprint density at radius 3 is 2.53 bits per heavy atom. The van der Waals surface area contributed by atoms with Crippen LogP contribution in [0.25, 0.3) is 0 Å². The predicted molar refractivity (Wildman–Crippen MR) is 75.7 cm³/mol. The van der Waals surface area contributed by atoms with Gasteiger partial charge in [-0.1, -0.05) is 29.3 Å². The maximum Gasteiger partial charge on any atom is 0.337 e. The molecule has 1 heterocycles. The number of amides is 1. The van der Waals surface area contributed by atoms with Crippen molar-refractivity contribution in [3.05, 3.63) is 50.1 Å². The largest absolute Gasteiger partial charge is 0.478 e. The molecule has 1 amide bonds. The van der Waals surface area contributed by atoms with Gasteiger partial charge in [0.2, 0.25) is 0 Å². The minimum atomic E-state index is -1.19. The van der Waals surface area contributed by atoms with Crippen LogP contribution in [0.15, 0.2) is 29.6 Å². The molecule has 7 heteroatoms. The molecule has 1 aromatic heterocycles. The van der Waals surface area contributed by atoms with Gasteiger partial charge in [-0.3, -0.25) is 4.79 Å². The molecule has 0 saturated carbocycles. The molecule has 0 unspecified atom stereocenters. The van der Waals surface area contributed by atoms with Gasteiger partial charge in [0.25, 0.3) is 5.91 Å². The SMILES string of the molecule is O=C(Nc1cc(C(=O)O)c(Cl)cc1Cl)c1cccs1. The highest BCUT2D eigenvalue weighted by Crippen LogP contribution is 2.30. The lowest BCUT2D eigenvalue weighted by Crippen LogP contribution is -2.11. The minimum Gasteiger partial charge on any atom is -0.478 e. The van der Waals surface area contributed by atoms with Crippen molar-refractivity contribution < 1.29 is 14.7 Å². The van der Waals surface area contributed by atoms with E-state index in [0.29, 0.717) is 4.88 Å². The number of nitrogens with one attached hydrogen (secondary N) is 1. The zero-order chi connectivity index (χ0) is 14.0. The van der Waals surface area contributed by atoms with E-state index in [1.54, 1.807) is 17.5 Å². The molecule has 1 aromatic carbocycles. The third-order valence-electron chi connectivity index (χ3n) is 2.28. The predicted octanol–water partition coefficient (Wildman–Crippen LogP) is 4.01. The Morgan fingerprint density at radius 1 is 1.21 bits per heavy atom. The van der Waals surface area contributed by atoms with Crippen LogP contribution in [-0.4, -0.2) is 17.0 Å². The number of benzene rings is 1. The molecular formula is C12H7Cl2NO3S. The number of rotatable bonds is 3. The first-order chi connectivity index (χ1) is 8.99. The Balaban J connectivity index is 2.32. The molecule has 0 saturated heterocycles. The van der Waals surface area contributed by atoms with Crippen LogP contribution in [-0.2, 0) is 0 Å². The molecule has 0 aliphatic carbocycles. The molecule has 0 spiro atoms. The highest BCUT2D eigenvalue weighted by Gasteiger charge is 2.15.